The average Bonchev–Trinajstić information content (AvgIpc) is 2.27. The van der Waals surface area contributed by atoms with Crippen molar-refractivity contribution in [3.63, 3.8) is 0 Å². The lowest BCUT2D eigenvalue weighted by Crippen LogP contribution is -2.21. The van der Waals surface area contributed by atoms with Gasteiger partial charge in [0.2, 0.25) is 0 Å². The van der Waals surface area contributed by atoms with Crippen molar-refractivity contribution in [3.05, 3.63) is 28.5 Å². The van der Waals surface area contributed by atoms with Crippen molar-refractivity contribution >= 4 is 32.6 Å². The van der Waals surface area contributed by atoms with Crippen LogP contribution in [-0.2, 0) is 11.0 Å². The first-order chi connectivity index (χ1) is 8.34. The summed E-state index contributed by atoms with van der Waals surface area (Å²) in [6.07, 6.45) is 3.52. The predicted octanol–water partition coefficient (Wildman–Crippen LogP) is 3.90. The van der Waals surface area contributed by atoms with Crippen molar-refractivity contribution in [1.82, 2.24) is 4.98 Å². The summed E-state index contributed by atoms with van der Waals surface area (Å²) in [6, 6.07) is 3.81. The molecular weight excluding hydrogens is 312 g/mol. The van der Waals surface area contributed by atoms with Crippen LogP contribution in [0, 0.1) is 0 Å². The molecule has 0 aliphatic rings. The molecule has 0 bridgehead atoms. The Kier molecular flexibility index (Phi) is 5.66. The van der Waals surface area contributed by atoms with Gasteiger partial charge in [0, 0.05) is 11.8 Å². The number of halogens is 1. The van der Waals surface area contributed by atoms with Crippen LogP contribution in [0.4, 0.5) is 0 Å². The third-order valence-electron chi connectivity index (χ3n) is 2.26. The summed E-state index contributed by atoms with van der Waals surface area (Å²) in [4.78, 5) is 4.10. The molecule has 0 saturated carbocycles. The van der Waals surface area contributed by atoms with Gasteiger partial charge in [-0.2, -0.15) is 4.40 Å². The van der Waals surface area contributed by atoms with Crippen molar-refractivity contribution in [3.8, 4) is 0 Å². The Labute approximate surface area is 120 Å². The molecule has 1 rings (SSSR count). The molecule has 0 saturated heterocycles. The zero-order valence-corrected chi connectivity index (χ0v) is 13.6. The molecule has 5 heteroatoms. The Morgan fingerprint density at radius 1 is 1.50 bits per heavy atom. The zero-order valence-electron chi connectivity index (χ0n) is 11.2. The smallest absolute Gasteiger partial charge is 0.145 e. The number of nitrogens with zero attached hydrogens (tertiary/aromatic N) is 2. The largest absolute Gasteiger partial charge is 0.249 e. The minimum Gasteiger partial charge on any atom is -0.249 e. The third kappa shape index (κ3) is 4.61. The Morgan fingerprint density at radius 3 is 2.67 bits per heavy atom. The molecule has 0 amide bonds. The van der Waals surface area contributed by atoms with E-state index in [0.29, 0.717) is 0 Å². The predicted molar refractivity (Wildman–Crippen MR) is 81.3 cm³/mol. The van der Waals surface area contributed by atoms with E-state index < -0.39 is 11.0 Å². The second kappa shape index (κ2) is 6.57. The summed E-state index contributed by atoms with van der Waals surface area (Å²) < 4.78 is 16.9. The maximum absolute atomic E-state index is 12.1. The fourth-order valence-corrected chi connectivity index (χ4v) is 2.33. The minimum absolute atomic E-state index is 0.330. The van der Waals surface area contributed by atoms with Crippen molar-refractivity contribution in [2.24, 2.45) is 4.40 Å². The molecule has 0 aliphatic heterocycles. The van der Waals surface area contributed by atoms with E-state index in [-0.39, 0.29) is 4.75 Å². The molecule has 1 aromatic rings. The second-order valence-electron chi connectivity index (χ2n) is 5.02. The molecule has 0 radical (unpaired) electrons. The first-order valence-corrected chi connectivity index (χ1v) is 7.86. The Morgan fingerprint density at radius 2 is 2.17 bits per heavy atom. The highest BCUT2D eigenvalue weighted by molar-refractivity contribution is 9.10. The van der Waals surface area contributed by atoms with E-state index in [1.165, 1.54) is 0 Å². The van der Waals surface area contributed by atoms with E-state index in [0.717, 1.165) is 28.7 Å². The van der Waals surface area contributed by atoms with Crippen molar-refractivity contribution < 1.29 is 4.21 Å². The molecule has 100 valence electrons. The Hall–Kier alpha value is -0.550. The van der Waals surface area contributed by atoms with Gasteiger partial charge in [-0.15, -0.1) is 0 Å². The van der Waals surface area contributed by atoms with E-state index in [2.05, 4.69) is 32.2 Å². The minimum atomic E-state index is -1.22. The summed E-state index contributed by atoms with van der Waals surface area (Å²) in [5, 5.41) is 0. The van der Waals surface area contributed by atoms with Gasteiger partial charge >= 0.3 is 0 Å². The highest BCUT2D eigenvalue weighted by Gasteiger charge is 2.20. The maximum Gasteiger partial charge on any atom is 0.145 e. The van der Waals surface area contributed by atoms with Crippen molar-refractivity contribution in [2.75, 3.05) is 0 Å². The van der Waals surface area contributed by atoms with Crippen molar-refractivity contribution in [1.29, 1.82) is 0 Å². The summed E-state index contributed by atoms with van der Waals surface area (Å²) in [6.45, 7) is 7.88. The standard InChI is InChI=1S/C13H19BrN2OS/c1-5-6-11(16-18(17)13(2,3)4)10-7-8-15-12(14)9-10/h7-9H,5-6H2,1-4H3/t18-/m0/s1. The average molecular weight is 331 g/mol. The van der Waals surface area contributed by atoms with Gasteiger partial charge in [0.05, 0.1) is 10.5 Å². The number of rotatable bonds is 4. The van der Waals surface area contributed by atoms with Gasteiger partial charge in [0.15, 0.2) is 0 Å². The number of aromatic nitrogens is 1. The SMILES string of the molecule is CCCC(=N[S@@](=O)C(C)(C)C)c1ccnc(Br)c1. The Bertz CT molecular complexity index is 466. The summed E-state index contributed by atoms with van der Waals surface area (Å²) in [5.74, 6) is 0. The molecular formula is C13H19BrN2OS. The summed E-state index contributed by atoms with van der Waals surface area (Å²) >= 11 is 3.35. The molecule has 1 heterocycles. The van der Waals surface area contributed by atoms with Gasteiger partial charge in [-0.1, -0.05) is 13.3 Å². The van der Waals surface area contributed by atoms with Crippen LogP contribution in [0.1, 0.15) is 46.1 Å². The van der Waals surface area contributed by atoms with E-state index in [4.69, 9.17) is 0 Å². The molecule has 18 heavy (non-hydrogen) atoms. The monoisotopic (exact) mass is 330 g/mol. The van der Waals surface area contributed by atoms with Crippen LogP contribution >= 0.6 is 15.9 Å². The lowest BCUT2D eigenvalue weighted by molar-refractivity contribution is 0.650. The number of hydrogen-bond donors (Lipinski definition) is 0. The van der Waals surface area contributed by atoms with Crippen LogP contribution in [0.5, 0.6) is 0 Å². The summed E-state index contributed by atoms with van der Waals surface area (Å²) in [7, 11) is -1.22. The normalized spacial score (nSPS) is 14.6. The first kappa shape index (κ1) is 15.5. The van der Waals surface area contributed by atoms with Gasteiger partial charge < -0.3 is 0 Å². The topological polar surface area (TPSA) is 42.3 Å². The summed E-state index contributed by atoms with van der Waals surface area (Å²) in [5.41, 5.74) is 1.87. The fourth-order valence-electron chi connectivity index (χ4n) is 1.30. The first-order valence-electron chi connectivity index (χ1n) is 5.96. The molecule has 0 unspecified atom stereocenters. The van der Waals surface area contributed by atoms with Gasteiger partial charge in [0.25, 0.3) is 0 Å². The van der Waals surface area contributed by atoms with E-state index >= 15 is 0 Å². The van der Waals surface area contributed by atoms with E-state index in [1.807, 2.05) is 32.9 Å². The molecule has 0 N–H and O–H groups in total. The van der Waals surface area contributed by atoms with Crippen LogP contribution in [0.2, 0.25) is 0 Å². The second-order valence-corrected chi connectivity index (χ2v) is 7.73. The molecule has 0 aliphatic carbocycles. The quantitative estimate of drug-likeness (QED) is 0.620. The number of pyridine rings is 1. The van der Waals surface area contributed by atoms with Gasteiger partial charge in [0.1, 0.15) is 15.6 Å². The zero-order chi connectivity index (χ0) is 13.8. The number of hydrogen-bond acceptors (Lipinski definition) is 2. The van der Waals surface area contributed by atoms with Crippen molar-refractivity contribution in [2.45, 2.75) is 45.3 Å². The fraction of sp³-hybridized carbons (Fsp3) is 0.538. The van der Waals surface area contributed by atoms with Gasteiger partial charge in [-0.25, -0.2) is 9.19 Å². The molecule has 1 atom stereocenters. The molecule has 0 aromatic carbocycles. The Balaban J connectivity index is 3.10. The lowest BCUT2D eigenvalue weighted by atomic mass is 10.1. The van der Waals surface area contributed by atoms with Crippen LogP contribution in [0.25, 0.3) is 0 Å². The molecule has 3 nitrogen and oxygen atoms in total. The lowest BCUT2D eigenvalue weighted by Gasteiger charge is -2.15. The van der Waals surface area contributed by atoms with Crippen LogP contribution < -0.4 is 0 Å². The molecule has 1 aromatic heterocycles. The van der Waals surface area contributed by atoms with Crippen LogP contribution in [-0.4, -0.2) is 19.7 Å². The highest BCUT2D eigenvalue weighted by atomic mass is 79.9. The molecule has 0 fully saturated rings. The molecule has 0 spiro atoms. The van der Waals surface area contributed by atoms with E-state index in [1.54, 1.807) is 6.20 Å². The van der Waals surface area contributed by atoms with Gasteiger partial charge in [-0.05, 0) is 55.3 Å². The maximum atomic E-state index is 12.1. The highest BCUT2D eigenvalue weighted by Crippen LogP contribution is 2.17. The van der Waals surface area contributed by atoms with E-state index in [9.17, 15) is 4.21 Å². The van der Waals surface area contributed by atoms with Crippen LogP contribution in [0.3, 0.4) is 0 Å². The van der Waals surface area contributed by atoms with Crippen LogP contribution in [0.15, 0.2) is 27.3 Å². The third-order valence-corrected chi connectivity index (χ3v) is 4.13. The van der Waals surface area contributed by atoms with Gasteiger partial charge in [-0.3, -0.25) is 0 Å².